The maximum Gasteiger partial charge on any atom is 0.0698 e. The van der Waals surface area contributed by atoms with Crippen molar-refractivity contribution in [3.8, 4) is 27.9 Å². The van der Waals surface area contributed by atoms with Gasteiger partial charge in [0.05, 0.1) is 16.9 Å². The van der Waals surface area contributed by atoms with Crippen LogP contribution < -0.4 is 5.32 Å². The summed E-state index contributed by atoms with van der Waals surface area (Å²) in [6, 6.07) is 71.5. The molecule has 1 aromatic heterocycles. The van der Waals surface area contributed by atoms with E-state index >= 15 is 0 Å². The van der Waals surface area contributed by atoms with Gasteiger partial charge in [0.1, 0.15) is 0 Å². The lowest BCUT2D eigenvalue weighted by Gasteiger charge is -2.26. The van der Waals surface area contributed by atoms with E-state index in [9.17, 15) is 0 Å². The molecule has 0 saturated heterocycles. The van der Waals surface area contributed by atoms with E-state index in [2.05, 4.69) is 228 Å². The van der Waals surface area contributed by atoms with Gasteiger partial charge in [-0.05, 0) is 119 Å². The molecule has 0 radical (unpaired) electrons. The second-order valence-electron chi connectivity index (χ2n) is 16.4. The van der Waals surface area contributed by atoms with Crippen LogP contribution in [0.4, 0.5) is 5.69 Å². The first-order chi connectivity index (χ1) is 30.3. The van der Waals surface area contributed by atoms with Gasteiger partial charge in [0, 0.05) is 23.5 Å². The predicted molar refractivity (Wildman–Crippen MR) is 260 cm³/mol. The Bertz CT molecular complexity index is 3360. The molecule has 12 rings (SSSR count). The molecule has 288 valence electrons. The lowest BCUT2D eigenvalue weighted by molar-refractivity contribution is 0.872. The molecule has 1 aliphatic heterocycles. The molecular weight excluding hydrogens is 737 g/mol. The molecule has 0 bridgehead atoms. The number of fused-ring (bicyclic) bond motifs is 6. The molecule has 61 heavy (non-hydrogen) atoms. The molecule has 2 heteroatoms. The highest BCUT2D eigenvalue weighted by Gasteiger charge is 2.25. The third kappa shape index (κ3) is 5.86. The van der Waals surface area contributed by atoms with Gasteiger partial charge in [-0.2, -0.15) is 0 Å². The Kier molecular flexibility index (Phi) is 8.41. The maximum atomic E-state index is 3.71. The zero-order valence-corrected chi connectivity index (χ0v) is 33.7. The Morgan fingerprint density at radius 2 is 1.05 bits per heavy atom. The van der Waals surface area contributed by atoms with Crippen LogP contribution in [0.25, 0.3) is 88.4 Å². The number of hydrogen-bond acceptors (Lipinski definition) is 1. The van der Waals surface area contributed by atoms with Crippen molar-refractivity contribution >= 4 is 66.1 Å². The second-order valence-corrected chi connectivity index (χ2v) is 16.4. The van der Waals surface area contributed by atoms with Gasteiger partial charge in [0.2, 0.25) is 0 Å². The Hall–Kier alpha value is -7.68. The highest BCUT2D eigenvalue weighted by molar-refractivity contribution is 6.22. The molecule has 1 atom stereocenters. The first-order valence-electron chi connectivity index (χ1n) is 21.4. The zero-order valence-electron chi connectivity index (χ0n) is 33.7. The molecular formula is C59H42N2. The van der Waals surface area contributed by atoms with E-state index in [1.54, 1.807) is 0 Å². The molecule has 0 spiro atoms. The van der Waals surface area contributed by atoms with E-state index in [1.807, 2.05) is 0 Å². The molecule has 2 nitrogen and oxygen atoms in total. The fourth-order valence-corrected chi connectivity index (χ4v) is 10.2. The molecule has 10 aromatic rings. The van der Waals surface area contributed by atoms with Crippen molar-refractivity contribution in [1.29, 1.82) is 0 Å². The number of benzene rings is 9. The van der Waals surface area contributed by atoms with Gasteiger partial charge in [-0.25, -0.2) is 0 Å². The summed E-state index contributed by atoms with van der Waals surface area (Å²) in [5.41, 5.74) is 16.3. The molecule has 2 aliphatic rings. The van der Waals surface area contributed by atoms with Crippen LogP contribution >= 0.6 is 0 Å². The molecule has 0 amide bonds. The molecule has 1 unspecified atom stereocenters. The largest absolute Gasteiger partial charge is 0.379 e. The van der Waals surface area contributed by atoms with Crippen molar-refractivity contribution in [1.82, 2.24) is 4.57 Å². The fraction of sp³-hybridized carbons (Fsp3) is 0.0508. The van der Waals surface area contributed by atoms with Crippen LogP contribution in [0.2, 0.25) is 0 Å². The smallest absolute Gasteiger partial charge is 0.0698 e. The van der Waals surface area contributed by atoms with Gasteiger partial charge >= 0.3 is 0 Å². The lowest BCUT2D eigenvalue weighted by Crippen LogP contribution is -2.05. The number of para-hydroxylation sites is 1. The topological polar surface area (TPSA) is 17.0 Å². The molecule has 1 aliphatic carbocycles. The average molecular weight is 779 g/mol. The van der Waals surface area contributed by atoms with Crippen LogP contribution in [0.5, 0.6) is 0 Å². The van der Waals surface area contributed by atoms with Gasteiger partial charge in [-0.1, -0.05) is 188 Å². The number of nitrogens with one attached hydrogen (secondary N) is 1. The fourth-order valence-electron chi connectivity index (χ4n) is 10.2. The standard InChI is InChI=1S/C59H42N2/c1-4-17-39(18-5-1)42-35-43(40-19-6-2-7-20-40)37-44(36-42)57-49-25-12-14-27-51(49)58(52-28-15-13-26-50(52)57)53-32-31-46(47-23-10-11-24-48(47)53)41-30-33-55-54(38-41)59-56(29-16-34-60-59)61(55)45-21-8-3-9-22-45/h1-33,35-36,38,43,60H,34,37H2. The van der Waals surface area contributed by atoms with E-state index in [1.165, 1.54) is 110 Å². The third-order valence-electron chi connectivity index (χ3n) is 12.9. The zero-order chi connectivity index (χ0) is 40.3. The highest BCUT2D eigenvalue weighted by atomic mass is 15.0. The minimum atomic E-state index is 0.263. The van der Waals surface area contributed by atoms with Gasteiger partial charge < -0.3 is 9.88 Å². The summed E-state index contributed by atoms with van der Waals surface area (Å²) in [6.07, 6.45) is 10.3. The highest BCUT2D eigenvalue weighted by Crippen LogP contribution is 2.49. The minimum absolute atomic E-state index is 0.263. The molecule has 0 saturated carbocycles. The van der Waals surface area contributed by atoms with E-state index < -0.39 is 0 Å². The Balaban J connectivity index is 1.05. The van der Waals surface area contributed by atoms with Crippen molar-refractivity contribution in [2.24, 2.45) is 0 Å². The summed E-state index contributed by atoms with van der Waals surface area (Å²) in [6.45, 7) is 0.819. The van der Waals surface area contributed by atoms with Crippen LogP contribution in [0.1, 0.15) is 34.7 Å². The predicted octanol–water partition coefficient (Wildman–Crippen LogP) is 15.5. The summed E-state index contributed by atoms with van der Waals surface area (Å²) in [4.78, 5) is 0. The Morgan fingerprint density at radius 1 is 0.475 bits per heavy atom. The van der Waals surface area contributed by atoms with Crippen LogP contribution in [0.15, 0.2) is 212 Å². The molecule has 0 fully saturated rings. The van der Waals surface area contributed by atoms with Crippen molar-refractivity contribution in [2.75, 3.05) is 11.9 Å². The summed E-state index contributed by atoms with van der Waals surface area (Å²) >= 11 is 0. The van der Waals surface area contributed by atoms with E-state index in [0.717, 1.165) is 13.0 Å². The quantitative estimate of drug-likeness (QED) is 0.166. The van der Waals surface area contributed by atoms with Crippen LogP contribution in [0, 0.1) is 0 Å². The monoisotopic (exact) mass is 778 g/mol. The number of nitrogens with zero attached hydrogens (tertiary/aromatic N) is 1. The van der Waals surface area contributed by atoms with Crippen LogP contribution in [0.3, 0.4) is 0 Å². The third-order valence-corrected chi connectivity index (χ3v) is 12.9. The second kappa shape index (κ2) is 14.5. The van der Waals surface area contributed by atoms with E-state index in [4.69, 9.17) is 0 Å². The number of allylic oxidation sites excluding steroid dienone is 4. The SMILES string of the molecule is C1=Cc2c(c3cc(-c4ccc(-c5c6ccccc6c(C6=CC(c7ccccc7)=CC(c7ccccc7)C6)c6ccccc56)c5ccccc45)ccc3n2-c2ccccc2)NC1. The summed E-state index contributed by atoms with van der Waals surface area (Å²) in [5, 5.41) is 12.6. The number of hydrogen-bond donors (Lipinski definition) is 1. The van der Waals surface area contributed by atoms with Gasteiger partial charge in [0.25, 0.3) is 0 Å². The first-order valence-corrected chi connectivity index (χ1v) is 21.4. The van der Waals surface area contributed by atoms with Crippen LogP contribution in [-0.2, 0) is 0 Å². The van der Waals surface area contributed by atoms with Crippen molar-refractivity contribution < 1.29 is 0 Å². The van der Waals surface area contributed by atoms with Gasteiger partial charge in [-0.15, -0.1) is 0 Å². The molecule has 1 N–H and O–H groups in total. The minimum Gasteiger partial charge on any atom is -0.379 e. The van der Waals surface area contributed by atoms with E-state index in [-0.39, 0.29) is 5.92 Å². The Morgan fingerprint density at radius 3 is 1.74 bits per heavy atom. The number of anilines is 1. The van der Waals surface area contributed by atoms with Gasteiger partial charge in [0.15, 0.2) is 0 Å². The molecule has 9 aromatic carbocycles. The van der Waals surface area contributed by atoms with Crippen molar-refractivity contribution in [3.63, 3.8) is 0 Å². The summed E-state index contributed by atoms with van der Waals surface area (Å²) in [7, 11) is 0. The lowest BCUT2D eigenvalue weighted by atomic mass is 9.77. The van der Waals surface area contributed by atoms with E-state index in [0.29, 0.717) is 0 Å². The Labute approximate surface area is 356 Å². The maximum absolute atomic E-state index is 3.71. The number of rotatable bonds is 6. The first kappa shape index (κ1) is 35.3. The van der Waals surface area contributed by atoms with Gasteiger partial charge in [-0.3, -0.25) is 0 Å². The summed E-state index contributed by atoms with van der Waals surface area (Å²) < 4.78 is 2.38. The van der Waals surface area contributed by atoms with Crippen molar-refractivity contribution in [2.45, 2.75) is 12.3 Å². The average Bonchev–Trinajstić information content (AvgIpc) is 3.67. The van der Waals surface area contributed by atoms with Crippen LogP contribution in [-0.4, -0.2) is 11.1 Å². The molecule has 2 heterocycles. The normalized spacial score (nSPS) is 14.9. The van der Waals surface area contributed by atoms with Crippen molar-refractivity contribution in [3.05, 3.63) is 235 Å². The summed E-state index contributed by atoms with van der Waals surface area (Å²) in [5.74, 6) is 0.263. The number of aromatic nitrogens is 1.